The molecule has 0 aliphatic heterocycles. The van der Waals surface area contributed by atoms with E-state index in [-0.39, 0.29) is 0 Å². The lowest BCUT2D eigenvalue weighted by Gasteiger charge is -2.07. The van der Waals surface area contributed by atoms with Crippen LogP contribution in [0.3, 0.4) is 0 Å². The van der Waals surface area contributed by atoms with Crippen molar-refractivity contribution in [1.29, 1.82) is 5.26 Å². The third-order valence-electron chi connectivity index (χ3n) is 1.83. The normalized spacial score (nSPS) is 10.6. The molecule has 0 atom stereocenters. The molecule has 0 saturated carbocycles. The quantitative estimate of drug-likeness (QED) is 0.271. The number of rotatable bonds is 5. The van der Waals surface area contributed by atoms with E-state index in [1.54, 1.807) is 11.2 Å². The second kappa shape index (κ2) is 7.24. The van der Waals surface area contributed by atoms with Crippen LogP contribution >= 0.6 is 23.5 Å². The van der Waals surface area contributed by atoms with Gasteiger partial charge >= 0.3 is 0 Å². The largest absolute Gasteiger partial charge is 0.369 e. The van der Waals surface area contributed by atoms with Gasteiger partial charge in [-0.3, -0.25) is 0 Å². The van der Waals surface area contributed by atoms with Crippen molar-refractivity contribution in [3.05, 3.63) is 5.56 Å². The Morgan fingerprint density at radius 3 is 2.67 bits per heavy atom. The summed E-state index contributed by atoms with van der Waals surface area (Å²) in [6.45, 7) is 2.04. The summed E-state index contributed by atoms with van der Waals surface area (Å²) in [7, 11) is 3.74. The van der Waals surface area contributed by atoms with Gasteiger partial charge in [-0.05, 0) is 12.0 Å². The zero-order valence-corrected chi connectivity index (χ0v) is 12.5. The minimum Gasteiger partial charge on any atom is -0.369 e. The molecule has 18 heavy (non-hydrogen) atoms. The number of hydrogen-bond acceptors (Lipinski definition) is 6. The van der Waals surface area contributed by atoms with E-state index in [2.05, 4.69) is 21.0 Å². The Hall–Kier alpha value is -1.26. The number of aromatic nitrogens is 2. The lowest BCUT2D eigenvalue weighted by molar-refractivity contribution is 0.642. The van der Waals surface area contributed by atoms with Crippen LogP contribution < -0.4 is 0 Å². The molecule has 0 aliphatic carbocycles. The number of nitriles is 1. The summed E-state index contributed by atoms with van der Waals surface area (Å²) < 4.78 is 0. The van der Waals surface area contributed by atoms with Crippen molar-refractivity contribution in [2.24, 2.45) is 4.99 Å². The molecular weight excluding hydrogens is 266 g/mol. The Bertz CT molecular complexity index is 479. The van der Waals surface area contributed by atoms with Gasteiger partial charge in [-0.15, -0.1) is 11.8 Å². The highest BCUT2D eigenvalue weighted by molar-refractivity contribution is 7.99. The van der Waals surface area contributed by atoms with Crippen LogP contribution in [0.4, 0.5) is 5.82 Å². The first-order valence-electron chi connectivity index (χ1n) is 5.31. The van der Waals surface area contributed by atoms with Gasteiger partial charge in [0.1, 0.15) is 16.7 Å². The molecule has 0 bridgehead atoms. The minimum absolute atomic E-state index is 0.432. The van der Waals surface area contributed by atoms with Crippen LogP contribution in [0.25, 0.3) is 0 Å². The van der Waals surface area contributed by atoms with E-state index in [1.807, 2.05) is 27.3 Å². The minimum atomic E-state index is 0.432. The van der Waals surface area contributed by atoms with Crippen LogP contribution in [0.5, 0.6) is 0 Å². The number of thioether (sulfide) groups is 2. The molecule has 1 aromatic rings. The zero-order chi connectivity index (χ0) is 13.5. The van der Waals surface area contributed by atoms with Crippen LogP contribution in [-0.2, 0) is 0 Å². The standard InChI is InChI=1S/C11H15N5S2/c1-5-18-11-14-9(13-7-16(2)3)8(6-12)10(15-11)17-4/h7H,5H2,1-4H3. The molecule has 0 saturated heterocycles. The summed E-state index contributed by atoms with van der Waals surface area (Å²) in [6.07, 6.45) is 3.52. The topological polar surface area (TPSA) is 65.2 Å². The Kier molecular flexibility index (Phi) is 5.95. The number of hydrogen-bond donors (Lipinski definition) is 0. The predicted octanol–water partition coefficient (Wildman–Crippen LogP) is 2.40. The smallest absolute Gasteiger partial charge is 0.190 e. The lowest BCUT2D eigenvalue weighted by atomic mass is 10.3. The molecule has 0 spiro atoms. The Morgan fingerprint density at radius 2 is 2.17 bits per heavy atom. The van der Waals surface area contributed by atoms with Crippen molar-refractivity contribution in [3.8, 4) is 6.07 Å². The van der Waals surface area contributed by atoms with E-state index in [9.17, 15) is 5.26 Å². The molecule has 7 heteroatoms. The van der Waals surface area contributed by atoms with E-state index in [0.717, 1.165) is 5.75 Å². The van der Waals surface area contributed by atoms with E-state index in [1.165, 1.54) is 23.5 Å². The van der Waals surface area contributed by atoms with Crippen molar-refractivity contribution in [2.45, 2.75) is 17.1 Å². The van der Waals surface area contributed by atoms with Gasteiger partial charge in [-0.1, -0.05) is 18.7 Å². The van der Waals surface area contributed by atoms with Gasteiger partial charge in [0, 0.05) is 14.1 Å². The van der Waals surface area contributed by atoms with Crippen molar-refractivity contribution in [1.82, 2.24) is 14.9 Å². The molecule has 0 aromatic carbocycles. The average Bonchev–Trinajstić information content (AvgIpc) is 2.35. The van der Waals surface area contributed by atoms with Gasteiger partial charge in [0.15, 0.2) is 11.0 Å². The highest BCUT2D eigenvalue weighted by Crippen LogP contribution is 2.28. The summed E-state index contributed by atoms with van der Waals surface area (Å²) in [5.41, 5.74) is 0.432. The van der Waals surface area contributed by atoms with Crippen molar-refractivity contribution in [3.63, 3.8) is 0 Å². The highest BCUT2D eigenvalue weighted by atomic mass is 32.2. The second-order valence-electron chi connectivity index (χ2n) is 3.47. The van der Waals surface area contributed by atoms with Crippen LogP contribution in [0.15, 0.2) is 15.2 Å². The maximum Gasteiger partial charge on any atom is 0.190 e. The van der Waals surface area contributed by atoms with E-state index in [4.69, 9.17) is 0 Å². The Balaban J connectivity index is 3.27. The van der Waals surface area contributed by atoms with Crippen LogP contribution in [0.2, 0.25) is 0 Å². The summed E-state index contributed by atoms with van der Waals surface area (Å²) in [4.78, 5) is 14.7. The third kappa shape index (κ3) is 3.89. The molecule has 0 amide bonds. The van der Waals surface area contributed by atoms with Gasteiger partial charge in [-0.2, -0.15) is 5.26 Å². The first-order valence-corrected chi connectivity index (χ1v) is 7.53. The molecule has 1 rings (SSSR count). The van der Waals surface area contributed by atoms with Crippen LogP contribution in [0, 0.1) is 11.3 Å². The SMILES string of the molecule is CCSc1nc(N=CN(C)C)c(C#N)c(SC)n1. The molecule has 0 radical (unpaired) electrons. The first-order chi connectivity index (χ1) is 8.62. The van der Waals surface area contributed by atoms with E-state index >= 15 is 0 Å². The Morgan fingerprint density at radius 1 is 1.44 bits per heavy atom. The average molecular weight is 281 g/mol. The van der Waals surface area contributed by atoms with Crippen molar-refractivity contribution < 1.29 is 0 Å². The van der Waals surface area contributed by atoms with Gasteiger partial charge in [0.2, 0.25) is 0 Å². The molecule has 0 unspecified atom stereocenters. The Labute approximate surface area is 116 Å². The van der Waals surface area contributed by atoms with E-state index in [0.29, 0.717) is 21.6 Å². The maximum absolute atomic E-state index is 9.18. The summed E-state index contributed by atoms with van der Waals surface area (Å²) in [6, 6.07) is 2.12. The molecule has 0 aliphatic rings. The fourth-order valence-electron chi connectivity index (χ4n) is 1.11. The molecule has 96 valence electrons. The van der Waals surface area contributed by atoms with Gasteiger partial charge < -0.3 is 4.90 Å². The maximum atomic E-state index is 9.18. The predicted molar refractivity (Wildman–Crippen MR) is 76.8 cm³/mol. The zero-order valence-electron chi connectivity index (χ0n) is 10.8. The van der Waals surface area contributed by atoms with Crippen LogP contribution in [-0.4, -0.2) is 47.3 Å². The summed E-state index contributed by atoms with van der Waals surface area (Å²) in [5, 5.41) is 10.5. The summed E-state index contributed by atoms with van der Waals surface area (Å²) >= 11 is 2.97. The monoisotopic (exact) mass is 281 g/mol. The van der Waals surface area contributed by atoms with Gasteiger partial charge in [0.05, 0.1) is 6.34 Å². The van der Waals surface area contributed by atoms with E-state index < -0.39 is 0 Å². The molecule has 0 fully saturated rings. The highest BCUT2D eigenvalue weighted by Gasteiger charge is 2.13. The number of nitrogens with zero attached hydrogens (tertiary/aromatic N) is 5. The molecule has 5 nitrogen and oxygen atoms in total. The van der Waals surface area contributed by atoms with Crippen molar-refractivity contribution in [2.75, 3.05) is 26.1 Å². The first kappa shape index (κ1) is 14.8. The van der Waals surface area contributed by atoms with Gasteiger partial charge in [-0.25, -0.2) is 15.0 Å². The summed E-state index contributed by atoms with van der Waals surface area (Å²) in [5.74, 6) is 1.32. The number of aliphatic imine (C=N–C) groups is 1. The lowest BCUT2D eigenvalue weighted by Crippen LogP contribution is -2.07. The van der Waals surface area contributed by atoms with Crippen molar-refractivity contribution >= 4 is 35.7 Å². The second-order valence-corrected chi connectivity index (χ2v) is 5.49. The molecule has 0 N–H and O–H groups in total. The van der Waals surface area contributed by atoms with Gasteiger partial charge in [0.25, 0.3) is 0 Å². The molecule has 1 heterocycles. The fraction of sp³-hybridized carbons (Fsp3) is 0.455. The molecular formula is C11H15N5S2. The third-order valence-corrected chi connectivity index (χ3v) is 3.24. The fourth-order valence-corrected chi connectivity index (χ4v) is 2.25. The van der Waals surface area contributed by atoms with Crippen LogP contribution in [0.1, 0.15) is 12.5 Å². The molecule has 1 aromatic heterocycles.